The predicted octanol–water partition coefficient (Wildman–Crippen LogP) is 3.50. The van der Waals surface area contributed by atoms with E-state index in [1.807, 2.05) is 49.4 Å². The second-order valence-electron chi connectivity index (χ2n) is 6.05. The van der Waals surface area contributed by atoms with Crippen LogP contribution in [0.5, 0.6) is 0 Å². The average molecular weight is 346 g/mol. The summed E-state index contributed by atoms with van der Waals surface area (Å²) in [5.41, 5.74) is 3.46. The molecule has 26 heavy (non-hydrogen) atoms. The Labute approximate surface area is 150 Å². The van der Waals surface area contributed by atoms with Crippen LogP contribution in [0.2, 0.25) is 0 Å². The molecule has 1 aromatic carbocycles. The fourth-order valence-corrected chi connectivity index (χ4v) is 2.86. The van der Waals surface area contributed by atoms with Crippen LogP contribution in [0.1, 0.15) is 35.2 Å². The minimum atomic E-state index is -0.277. The van der Waals surface area contributed by atoms with E-state index in [0.717, 1.165) is 17.4 Å². The van der Waals surface area contributed by atoms with Gasteiger partial charge in [-0.05, 0) is 24.1 Å². The van der Waals surface area contributed by atoms with Gasteiger partial charge in [-0.1, -0.05) is 37.3 Å². The maximum atomic E-state index is 12.4. The molecule has 4 aromatic rings. The summed E-state index contributed by atoms with van der Waals surface area (Å²) in [5, 5.41) is 3.62. The molecule has 0 fully saturated rings. The van der Waals surface area contributed by atoms with Crippen molar-refractivity contribution in [2.75, 3.05) is 6.54 Å². The van der Waals surface area contributed by atoms with Gasteiger partial charge in [0.15, 0.2) is 5.58 Å². The maximum absolute atomic E-state index is 12.4. The molecule has 6 nitrogen and oxygen atoms in total. The molecule has 0 saturated carbocycles. The number of rotatable bonds is 5. The number of hydrogen-bond donors (Lipinski definition) is 1. The molecule has 3 heterocycles. The lowest BCUT2D eigenvalue weighted by Crippen LogP contribution is -2.26. The Morgan fingerprint density at radius 3 is 2.77 bits per heavy atom. The molecule has 0 unspecified atom stereocenters. The van der Waals surface area contributed by atoms with Crippen molar-refractivity contribution in [2.45, 2.75) is 19.8 Å². The zero-order valence-electron chi connectivity index (χ0n) is 14.4. The fourth-order valence-electron chi connectivity index (χ4n) is 2.86. The highest BCUT2D eigenvalue weighted by molar-refractivity contribution is 6.03. The van der Waals surface area contributed by atoms with Gasteiger partial charge in [0.1, 0.15) is 5.52 Å². The summed E-state index contributed by atoms with van der Waals surface area (Å²) in [6.45, 7) is 2.59. The van der Waals surface area contributed by atoms with E-state index in [-0.39, 0.29) is 11.7 Å². The minimum absolute atomic E-state index is 0.156. The summed E-state index contributed by atoms with van der Waals surface area (Å²) in [7, 11) is 0. The van der Waals surface area contributed by atoms with Crippen molar-refractivity contribution in [3.63, 3.8) is 0 Å². The van der Waals surface area contributed by atoms with Crippen molar-refractivity contribution in [2.24, 2.45) is 0 Å². The summed E-state index contributed by atoms with van der Waals surface area (Å²) in [6, 6.07) is 13.7. The van der Waals surface area contributed by atoms with Gasteiger partial charge in [0, 0.05) is 19.2 Å². The van der Waals surface area contributed by atoms with Crippen LogP contribution in [0, 0.1) is 0 Å². The molecular weight excluding hydrogens is 328 g/mol. The summed E-state index contributed by atoms with van der Waals surface area (Å²) in [5.74, 6) is -0.121. The van der Waals surface area contributed by atoms with Crippen LogP contribution in [0.4, 0.5) is 0 Å². The molecule has 0 atom stereocenters. The van der Waals surface area contributed by atoms with Gasteiger partial charge in [-0.25, -0.2) is 15.0 Å². The number of amides is 1. The van der Waals surface area contributed by atoms with Crippen molar-refractivity contribution < 1.29 is 9.21 Å². The Hall–Kier alpha value is -3.28. The molecule has 0 aliphatic rings. The topological polar surface area (TPSA) is 80.9 Å². The van der Waals surface area contributed by atoms with Gasteiger partial charge in [0.2, 0.25) is 11.5 Å². The molecule has 4 rings (SSSR count). The second kappa shape index (κ2) is 6.92. The number of carbonyl (C=O) groups is 1. The summed E-state index contributed by atoms with van der Waals surface area (Å²) in [4.78, 5) is 25.6. The Kier molecular flexibility index (Phi) is 4.31. The van der Waals surface area contributed by atoms with E-state index in [9.17, 15) is 4.79 Å². The summed E-state index contributed by atoms with van der Waals surface area (Å²) < 4.78 is 5.90. The van der Waals surface area contributed by atoms with Gasteiger partial charge < -0.3 is 9.73 Å². The van der Waals surface area contributed by atoms with Crippen molar-refractivity contribution in [1.82, 2.24) is 20.3 Å². The van der Waals surface area contributed by atoms with Crippen molar-refractivity contribution in [1.29, 1.82) is 0 Å². The van der Waals surface area contributed by atoms with Crippen LogP contribution in [0.15, 0.2) is 53.1 Å². The SMILES string of the molecule is CCCNC(=O)c1nc(Cc2ccccc2)c2oc3ncccc3c2n1. The molecule has 1 amide bonds. The van der Waals surface area contributed by atoms with Crippen LogP contribution in [-0.2, 0) is 6.42 Å². The Bertz CT molecular complexity index is 1070. The Morgan fingerprint density at radius 1 is 1.12 bits per heavy atom. The van der Waals surface area contributed by atoms with Gasteiger partial charge in [-0.3, -0.25) is 4.79 Å². The van der Waals surface area contributed by atoms with Crippen LogP contribution in [0.3, 0.4) is 0 Å². The molecule has 1 N–H and O–H groups in total. The lowest BCUT2D eigenvalue weighted by Gasteiger charge is -2.06. The Morgan fingerprint density at radius 2 is 1.96 bits per heavy atom. The van der Waals surface area contributed by atoms with Gasteiger partial charge in [0.25, 0.3) is 5.91 Å². The molecular formula is C20H18N4O2. The lowest BCUT2D eigenvalue weighted by atomic mass is 10.1. The lowest BCUT2D eigenvalue weighted by molar-refractivity contribution is 0.0943. The zero-order chi connectivity index (χ0) is 17.9. The number of aromatic nitrogens is 3. The first-order valence-corrected chi connectivity index (χ1v) is 8.62. The van der Waals surface area contributed by atoms with Crippen LogP contribution < -0.4 is 5.32 Å². The molecule has 130 valence electrons. The van der Waals surface area contributed by atoms with Crippen molar-refractivity contribution in [3.8, 4) is 0 Å². The van der Waals surface area contributed by atoms with Crippen LogP contribution in [-0.4, -0.2) is 27.4 Å². The number of furan rings is 1. The molecule has 0 spiro atoms. The first-order chi connectivity index (χ1) is 12.8. The highest BCUT2D eigenvalue weighted by Gasteiger charge is 2.19. The third kappa shape index (κ3) is 3.01. The normalized spacial score (nSPS) is 11.1. The first-order valence-electron chi connectivity index (χ1n) is 8.62. The quantitative estimate of drug-likeness (QED) is 0.598. The zero-order valence-corrected chi connectivity index (χ0v) is 14.4. The Balaban J connectivity index is 1.88. The second-order valence-corrected chi connectivity index (χ2v) is 6.05. The molecule has 0 aliphatic carbocycles. The number of carbonyl (C=O) groups excluding carboxylic acids is 1. The van der Waals surface area contributed by atoms with Crippen molar-refractivity contribution >= 4 is 28.1 Å². The summed E-state index contributed by atoms with van der Waals surface area (Å²) in [6.07, 6.45) is 3.07. The number of benzene rings is 1. The fraction of sp³-hybridized carbons (Fsp3) is 0.200. The van der Waals surface area contributed by atoms with Crippen LogP contribution >= 0.6 is 0 Å². The number of nitrogens with one attached hydrogen (secondary N) is 1. The predicted molar refractivity (Wildman–Crippen MR) is 99.0 cm³/mol. The molecule has 3 aromatic heterocycles. The first kappa shape index (κ1) is 16.2. The van der Waals surface area contributed by atoms with E-state index in [1.165, 1.54) is 0 Å². The highest BCUT2D eigenvalue weighted by Crippen LogP contribution is 2.28. The monoisotopic (exact) mass is 346 g/mol. The number of nitrogens with zero attached hydrogens (tertiary/aromatic N) is 3. The molecule has 0 saturated heterocycles. The number of fused-ring (bicyclic) bond motifs is 3. The van der Waals surface area contributed by atoms with E-state index in [4.69, 9.17) is 4.42 Å². The maximum Gasteiger partial charge on any atom is 0.289 e. The highest BCUT2D eigenvalue weighted by atomic mass is 16.3. The minimum Gasteiger partial charge on any atom is -0.434 e. The standard InChI is InChI=1S/C20H18N4O2/c1-2-10-21-19(25)18-23-15(12-13-7-4-3-5-8-13)17-16(24-18)14-9-6-11-22-20(14)26-17/h3-9,11H,2,10,12H2,1H3,(H,21,25). The van der Waals surface area contributed by atoms with Gasteiger partial charge >= 0.3 is 0 Å². The largest absolute Gasteiger partial charge is 0.434 e. The van der Waals surface area contributed by atoms with E-state index in [1.54, 1.807) is 6.20 Å². The third-order valence-electron chi connectivity index (χ3n) is 4.11. The molecule has 6 heteroatoms. The van der Waals surface area contributed by atoms with Crippen LogP contribution in [0.25, 0.3) is 22.2 Å². The number of hydrogen-bond acceptors (Lipinski definition) is 5. The summed E-state index contributed by atoms with van der Waals surface area (Å²) >= 11 is 0. The molecule has 0 aliphatic heterocycles. The average Bonchev–Trinajstić information content (AvgIpc) is 3.06. The van der Waals surface area contributed by atoms with Gasteiger partial charge in [0.05, 0.1) is 11.1 Å². The van der Waals surface area contributed by atoms with Crippen molar-refractivity contribution in [3.05, 3.63) is 65.7 Å². The van der Waals surface area contributed by atoms with E-state index in [0.29, 0.717) is 35.5 Å². The third-order valence-corrected chi connectivity index (χ3v) is 4.11. The smallest absolute Gasteiger partial charge is 0.289 e. The van der Waals surface area contributed by atoms with E-state index < -0.39 is 0 Å². The molecule has 0 bridgehead atoms. The number of pyridine rings is 1. The van der Waals surface area contributed by atoms with E-state index in [2.05, 4.69) is 20.3 Å². The van der Waals surface area contributed by atoms with Gasteiger partial charge in [-0.15, -0.1) is 0 Å². The molecule has 0 radical (unpaired) electrons. The van der Waals surface area contributed by atoms with E-state index >= 15 is 0 Å². The van der Waals surface area contributed by atoms with Gasteiger partial charge in [-0.2, -0.15) is 0 Å².